The lowest BCUT2D eigenvalue weighted by Crippen LogP contribution is -2.39. The van der Waals surface area contributed by atoms with Gasteiger partial charge in [-0.2, -0.15) is 26.3 Å². The van der Waals surface area contributed by atoms with Crippen LogP contribution in [0.15, 0.2) is 42.5 Å². The van der Waals surface area contributed by atoms with E-state index in [4.69, 9.17) is 0 Å². The summed E-state index contributed by atoms with van der Waals surface area (Å²) in [5, 5.41) is 0.947. The molecule has 21 heavy (non-hydrogen) atoms. The summed E-state index contributed by atoms with van der Waals surface area (Å²) < 4.78 is 76.8. The molecule has 0 spiro atoms. The van der Waals surface area contributed by atoms with Gasteiger partial charge < -0.3 is 0 Å². The van der Waals surface area contributed by atoms with Gasteiger partial charge in [0.05, 0.1) is 4.83 Å². The second kappa shape index (κ2) is 5.51. The molecule has 0 heterocycles. The van der Waals surface area contributed by atoms with Crippen LogP contribution in [-0.4, -0.2) is 12.4 Å². The second-order valence-electron chi connectivity index (χ2n) is 4.53. The van der Waals surface area contributed by atoms with E-state index in [-0.39, 0.29) is 5.56 Å². The molecule has 114 valence electrons. The summed E-state index contributed by atoms with van der Waals surface area (Å²) in [6.45, 7) is 0. The van der Waals surface area contributed by atoms with Crippen molar-refractivity contribution >= 4 is 26.7 Å². The van der Waals surface area contributed by atoms with E-state index in [9.17, 15) is 26.3 Å². The number of benzene rings is 2. The highest BCUT2D eigenvalue weighted by Gasteiger charge is 2.60. The van der Waals surface area contributed by atoms with Crippen molar-refractivity contribution in [3.05, 3.63) is 48.0 Å². The molecule has 0 N–H and O–H groups in total. The quantitative estimate of drug-likeness (QED) is 0.448. The van der Waals surface area contributed by atoms with Gasteiger partial charge in [-0.05, 0) is 16.3 Å². The summed E-state index contributed by atoms with van der Waals surface area (Å²) in [5.41, 5.74) is -0.0345. The van der Waals surface area contributed by atoms with Crippen molar-refractivity contribution in [3.8, 4) is 0 Å². The molecular formula is C14H9BrF6. The zero-order chi connectivity index (χ0) is 15.8. The Bertz CT molecular complexity index is 612. The summed E-state index contributed by atoms with van der Waals surface area (Å²) in [6.07, 6.45) is -10.8. The van der Waals surface area contributed by atoms with Gasteiger partial charge in [-0.25, -0.2) is 0 Å². The molecule has 0 saturated heterocycles. The molecule has 2 aromatic rings. The van der Waals surface area contributed by atoms with E-state index in [2.05, 4.69) is 15.9 Å². The average molecular weight is 371 g/mol. The molecule has 0 aromatic heterocycles. The third-order valence-electron chi connectivity index (χ3n) is 3.12. The zero-order valence-corrected chi connectivity index (χ0v) is 11.9. The van der Waals surface area contributed by atoms with Crippen molar-refractivity contribution in [2.45, 2.75) is 17.2 Å². The number of hydrogen-bond acceptors (Lipinski definition) is 0. The lowest BCUT2D eigenvalue weighted by molar-refractivity contribution is -0.283. The van der Waals surface area contributed by atoms with Gasteiger partial charge in [0.1, 0.15) is 0 Å². The third kappa shape index (κ3) is 3.33. The monoisotopic (exact) mass is 370 g/mol. The molecule has 0 aliphatic carbocycles. The van der Waals surface area contributed by atoms with Crippen LogP contribution in [0.2, 0.25) is 0 Å². The maximum atomic E-state index is 12.8. The number of hydrogen-bond donors (Lipinski definition) is 0. The number of halogens is 7. The maximum absolute atomic E-state index is 12.8. The van der Waals surface area contributed by atoms with E-state index in [0.29, 0.717) is 10.8 Å². The van der Waals surface area contributed by atoms with Crippen LogP contribution in [0.25, 0.3) is 10.8 Å². The van der Waals surface area contributed by atoms with Crippen molar-refractivity contribution in [2.75, 3.05) is 0 Å². The molecule has 7 heteroatoms. The molecule has 0 amide bonds. The van der Waals surface area contributed by atoms with Crippen LogP contribution < -0.4 is 0 Å². The average Bonchev–Trinajstić information content (AvgIpc) is 2.34. The van der Waals surface area contributed by atoms with Gasteiger partial charge in [-0.1, -0.05) is 58.4 Å². The van der Waals surface area contributed by atoms with E-state index >= 15 is 0 Å². The Morgan fingerprint density at radius 3 is 1.86 bits per heavy atom. The molecule has 0 nitrogen and oxygen atoms in total. The Labute approximate surface area is 124 Å². The SMILES string of the molecule is FC(F)(F)C(C(Br)c1cccc2ccccc12)C(F)(F)F. The highest BCUT2D eigenvalue weighted by Crippen LogP contribution is 2.51. The molecule has 0 bridgehead atoms. The molecule has 0 aliphatic heterocycles. The standard InChI is InChI=1S/C14H9BrF6/c15-11(12(13(16,17)18)14(19,20)21)10-7-3-5-8-4-1-2-6-9(8)10/h1-7,11-12H. The van der Waals surface area contributed by atoms with Gasteiger partial charge >= 0.3 is 12.4 Å². The summed E-state index contributed by atoms with van der Waals surface area (Å²) in [5.74, 6) is -3.46. The fourth-order valence-electron chi connectivity index (χ4n) is 2.19. The third-order valence-corrected chi connectivity index (χ3v) is 4.14. The van der Waals surface area contributed by atoms with Crippen molar-refractivity contribution in [1.82, 2.24) is 0 Å². The van der Waals surface area contributed by atoms with Gasteiger partial charge in [0.2, 0.25) is 0 Å². The first-order chi connectivity index (χ1) is 9.62. The van der Waals surface area contributed by atoms with Crippen molar-refractivity contribution in [2.24, 2.45) is 5.92 Å². The van der Waals surface area contributed by atoms with Crippen LogP contribution >= 0.6 is 15.9 Å². The Balaban J connectivity index is 2.57. The summed E-state index contributed by atoms with van der Waals surface area (Å²) in [7, 11) is 0. The molecule has 1 atom stereocenters. The lowest BCUT2D eigenvalue weighted by atomic mass is 9.94. The molecule has 2 aromatic carbocycles. The van der Waals surface area contributed by atoms with Crippen LogP contribution in [0.5, 0.6) is 0 Å². The van der Waals surface area contributed by atoms with E-state index in [1.54, 1.807) is 24.3 Å². The van der Waals surface area contributed by atoms with Gasteiger partial charge in [0.25, 0.3) is 0 Å². The number of rotatable bonds is 2. The Morgan fingerprint density at radius 1 is 0.762 bits per heavy atom. The predicted octanol–water partition coefficient (Wildman–Crippen LogP) is 6.02. The minimum Gasteiger partial charge on any atom is -0.170 e. The van der Waals surface area contributed by atoms with E-state index < -0.39 is 23.1 Å². The second-order valence-corrected chi connectivity index (χ2v) is 5.52. The fraction of sp³-hybridized carbons (Fsp3) is 0.286. The molecular weight excluding hydrogens is 362 g/mol. The minimum absolute atomic E-state index is 0.0345. The van der Waals surface area contributed by atoms with E-state index in [1.807, 2.05) is 0 Å². The molecule has 1 unspecified atom stereocenters. The molecule has 0 saturated carbocycles. The topological polar surface area (TPSA) is 0 Å². The number of fused-ring (bicyclic) bond motifs is 1. The van der Waals surface area contributed by atoms with Gasteiger partial charge in [-0.15, -0.1) is 0 Å². The first-order valence-electron chi connectivity index (χ1n) is 5.87. The summed E-state index contributed by atoms with van der Waals surface area (Å²) in [6, 6.07) is 10.7. The molecule has 0 radical (unpaired) electrons. The van der Waals surface area contributed by atoms with Crippen LogP contribution in [0, 0.1) is 5.92 Å². The minimum atomic E-state index is -5.39. The maximum Gasteiger partial charge on any atom is 0.401 e. The summed E-state index contributed by atoms with van der Waals surface area (Å²) >= 11 is 2.61. The molecule has 2 rings (SSSR count). The summed E-state index contributed by atoms with van der Waals surface area (Å²) in [4.78, 5) is -1.90. The highest BCUT2D eigenvalue weighted by atomic mass is 79.9. The predicted molar refractivity (Wildman–Crippen MR) is 71.2 cm³/mol. The van der Waals surface area contributed by atoms with Crippen LogP contribution in [0.1, 0.15) is 10.4 Å². The van der Waals surface area contributed by atoms with Crippen molar-refractivity contribution in [1.29, 1.82) is 0 Å². The number of alkyl halides is 7. The first-order valence-corrected chi connectivity index (χ1v) is 6.79. The van der Waals surface area contributed by atoms with Gasteiger partial charge in [0, 0.05) is 0 Å². The smallest absolute Gasteiger partial charge is 0.170 e. The molecule has 0 fully saturated rings. The lowest BCUT2D eigenvalue weighted by Gasteiger charge is -2.28. The van der Waals surface area contributed by atoms with Crippen molar-refractivity contribution < 1.29 is 26.3 Å². The van der Waals surface area contributed by atoms with Crippen LogP contribution in [-0.2, 0) is 0 Å². The van der Waals surface area contributed by atoms with E-state index in [1.165, 1.54) is 18.2 Å². The normalized spacial score (nSPS) is 14.7. The van der Waals surface area contributed by atoms with Crippen LogP contribution in [0.4, 0.5) is 26.3 Å². The van der Waals surface area contributed by atoms with Crippen LogP contribution in [0.3, 0.4) is 0 Å². The zero-order valence-electron chi connectivity index (χ0n) is 10.3. The Morgan fingerprint density at radius 2 is 1.29 bits per heavy atom. The molecule has 0 aliphatic rings. The first kappa shape index (κ1) is 16.1. The largest absolute Gasteiger partial charge is 0.401 e. The van der Waals surface area contributed by atoms with Crippen molar-refractivity contribution in [3.63, 3.8) is 0 Å². The Kier molecular flexibility index (Phi) is 4.24. The van der Waals surface area contributed by atoms with E-state index in [0.717, 1.165) is 0 Å². The Hall–Kier alpha value is -1.24. The van der Waals surface area contributed by atoms with Gasteiger partial charge in [0.15, 0.2) is 5.92 Å². The highest BCUT2D eigenvalue weighted by molar-refractivity contribution is 9.09. The van der Waals surface area contributed by atoms with Gasteiger partial charge in [-0.3, -0.25) is 0 Å². The fourth-order valence-corrected chi connectivity index (χ4v) is 3.19.